The van der Waals surface area contributed by atoms with Gasteiger partial charge in [0.15, 0.2) is 0 Å². The third kappa shape index (κ3) is 3.31. The van der Waals surface area contributed by atoms with E-state index in [1.165, 1.54) is 6.07 Å². The fourth-order valence-corrected chi connectivity index (χ4v) is 1.11. The van der Waals surface area contributed by atoms with Gasteiger partial charge >= 0.3 is 0 Å². The van der Waals surface area contributed by atoms with Gasteiger partial charge in [0, 0.05) is 18.2 Å². The molecule has 0 spiro atoms. The van der Waals surface area contributed by atoms with Crippen molar-refractivity contribution in [3.8, 4) is 6.07 Å². The Hall–Kier alpha value is -1.44. The summed E-state index contributed by atoms with van der Waals surface area (Å²) in [5.41, 5.74) is 0.806. The lowest BCUT2D eigenvalue weighted by Gasteiger charge is -2.10. The minimum absolute atomic E-state index is 0.0118. The van der Waals surface area contributed by atoms with Crippen molar-refractivity contribution in [3.05, 3.63) is 35.1 Å². The van der Waals surface area contributed by atoms with E-state index < -0.39 is 5.82 Å². The Kier molecular flexibility index (Phi) is 4.22. The number of hydrogen-bond acceptors (Lipinski definition) is 3. The molecule has 1 aromatic carbocycles. The van der Waals surface area contributed by atoms with Crippen molar-refractivity contribution in [1.82, 2.24) is 5.32 Å². The van der Waals surface area contributed by atoms with Crippen LogP contribution in [-0.2, 0) is 6.54 Å². The van der Waals surface area contributed by atoms with Crippen LogP contribution in [0.5, 0.6) is 0 Å². The molecule has 0 amide bonds. The van der Waals surface area contributed by atoms with E-state index in [-0.39, 0.29) is 12.6 Å². The molecule has 1 aromatic rings. The highest BCUT2D eigenvalue weighted by Crippen LogP contribution is 2.09. The van der Waals surface area contributed by atoms with Gasteiger partial charge in [-0.3, -0.25) is 0 Å². The van der Waals surface area contributed by atoms with Gasteiger partial charge in [-0.2, -0.15) is 5.26 Å². The number of rotatable bonds is 4. The van der Waals surface area contributed by atoms with Crippen molar-refractivity contribution in [2.75, 3.05) is 6.61 Å². The van der Waals surface area contributed by atoms with Crippen molar-refractivity contribution < 1.29 is 9.50 Å². The van der Waals surface area contributed by atoms with E-state index in [1.54, 1.807) is 12.1 Å². The first-order valence-electron chi connectivity index (χ1n) is 4.70. The summed E-state index contributed by atoms with van der Waals surface area (Å²) in [7, 11) is 0. The summed E-state index contributed by atoms with van der Waals surface area (Å²) in [4.78, 5) is 0. The molecule has 15 heavy (non-hydrogen) atoms. The van der Waals surface area contributed by atoms with Crippen LogP contribution in [0.3, 0.4) is 0 Å². The van der Waals surface area contributed by atoms with Crippen LogP contribution in [0.1, 0.15) is 18.1 Å². The van der Waals surface area contributed by atoms with Crippen LogP contribution in [0.4, 0.5) is 4.39 Å². The lowest BCUT2D eigenvalue weighted by Crippen LogP contribution is -2.28. The summed E-state index contributed by atoms with van der Waals surface area (Å²) < 4.78 is 13.3. The monoisotopic (exact) mass is 208 g/mol. The number of aliphatic hydroxyl groups excluding tert-OH is 1. The molecular formula is C11H13FN2O. The van der Waals surface area contributed by atoms with Crippen LogP contribution in [-0.4, -0.2) is 17.8 Å². The molecule has 3 nitrogen and oxygen atoms in total. The molecule has 0 aliphatic heterocycles. The quantitative estimate of drug-likeness (QED) is 0.780. The molecule has 0 aromatic heterocycles. The van der Waals surface area contributed by atoms with Crippen molar-refractivity contribution in [2.45, 2.75) is 19.5 Å². The van der Waals surface area contributed by atoms with Gasteiger partial charge in [-0.25, -0.2) is 4.39 Å². The van der Waals surface area contributed by atoms with Crippen molar-refractivity contribution >= 4 is 0 Å². The Morgan fingerprint density at radius 1 is 1.60 bits per heavy atom. The smallest absolute Gasteiger partial charge is 0.129 e. The number of nitrogens with one attached hydrogen (secondary N) is 1. The van der Waals surface area contributed by atoms with Gasteiger partial charge in [0.05, 0.1) is 18.2 Å². The predicted octanol–water partition coefficient (Wildman–Crippen LogP) is 1.17. The maximum Gasteiger partial charge on any atom is 0.129 e. The van der Waals surface area contributed by atoms with Gasteiger partial charge in [0.25, 0.3) is 0 Å². The summed E-state index contributed by atoms with van der Waals surface area (Å²) in [6.45, 7) is 2.17. The highest BCUT2D eigenvalue weighted by atomic mass is 19.1. The largest absolute Gasteiger partial charge is 0.395 e. The van der Waals surface area contributed by atoms with E-state index in [2.05, 4.69) is 5.32 Å². The van der Waals surface area contributed by atoms with E-state index in [1.807, 2.05) is 13.0 Å². The molecule has 0 saturated carbocycles. The SMILES string of the molecule is CC(CO)NCc1ccc(C#N)cc1F. The van der Waals surface area contributed by atoms with Crippen LogP contribution < -0.4 is 5.32 Å². The van der Waals surface area contributed by atoms with E-state index in [4.69, 9.17) is 10.4 Å². The van der Waals surface area contributed by atoms with Crippen LogP contribution in [0.2, 0.25) is 0 Å². The molecule has 0 bridgehead atoms. The molecule has 0 fully saturated rings. The third-order valence-corrected chi connectivity index (χ3v) is 2.10. The molecule has 0 saturated heterocycles. The number of nitriles is 1. The second kappa shape index (κ2) is 5.44. The topological polar surface area (TPSA) is 56.0 Å². The first-order chi connectivity index (χ1) is 7.17. The fraction of sp³-hybridized carbons (Fsp3) is 0.364. The number of nitrogens with zero attached hydrogens (tertiary/aromatic N) is 1. The molecule has 0 radical (unpaired) electrons. The summed E-state index contributed by atoms with van der Waals surface area (Å²) in [5, 5.41) is 20.3. The third-order valence-electron chi connectivity index (χ3n) is 2.10. The number of aliphatic hydroxyl groups is 1. The second-order valence-electron chi connectivity index (χ2n) is 3.38. The van der Waals surface area contributed by atoms with E-state index in [0.717, 1.165) is 0 Å². The Morgan fingerprint density at radius 2 is 2.33 bits per heavy atom. The van der Waals surface area contributed by atoms with Crippen LogP contribution >= 0.6 is 0 Å². The highest BCUT2D eigenvalue weighted by Gasteiger charge is 2.05. The predicted molar refractivity (Wildman–Crippen MR) is 54.5 cm³/mol. The molecule has 2 N–H and O–H groups in total. The van der Waals surface area contributed by atoms with Gasteiger partial charge in [-0.05, 0) is 19.1 Å². The molecule has 1 rings (SSSR count). The number of halogens is 1. The Morgan fingerprint density at radius 3 is 2.87 bits per heavy atom. The zero-order valence-electron chi connectivity index (χ0n) is 8.50. The van der Waals surface area contributed by atoms with E-state index in [0.29, 0.717) is 17.7 Å². The fourth-order valence-electron chi connectivity index (χ4n) is 1.11. The van der Waals surface area contributed by atoms with Gasteiger partial charge in [-0.1, -0.05) is 6.07 Å². The molecule has 0 aliphatic rings. The highest BCUT2D eigenvalue weighted by molar-refractivity contribution is 5.32. The molecule has 4 heteroatoms. The standard InChI is InChI=1S/C11H13FN2O/c1-8(7-15)14-6-10-3-2-9(5-13)4-11(10)12/h2-4,8,14-15H,6-7H2,1H3. The van der Waals surface area contributed by atoms with Gasteiger partial charge in [0.2, 0.25) is 0 Å². The molecule has 1 atom stereocenters. The Balaban J connectivity index is 2.67. The lowest BCUT2D eigenvalue weighted by atomic mass is 10.1. The lowest BCUT2D eigenvalue weighted by molar-refractivity contribution is 0.250. The molecular weight excluding hydrogens is 195 g/mol. The van der Waals surface area contributed by atoms with Gasteiger partial charge < -0.3 is 10.4 Å². The van der Waals surface area contributed by atoms with Gasteiger partial charge in [0.1, 0.15) is 5.82 Å². The molecule has 1 unspecified atom stereocenters. The maximum atomic E-state index is 13.3. The normalized spacial score (nSPS) is 12.1. The number of hydrogen-bond donors (Lipinski definition) is 2. The summed E-state index contributed by atoms with van der Waals surface area (Å²) in [6.07, 6.45) is 0. The first-order valence-corrected chi connectivity index (χ1v) is 4.70. The first kappa shape index (κ1) is 11.6. The minimum atomic E-state index is -0.397. The zero-order valence-corrected chi connectivity index (χ0v) is 8.50. The Labute approximate surface area is 88.2 Å². The van der Waals surface area contributed by atoms with Crippen LogP contribution in [0.25, 0.3) is 0 Å². The number of benzene rings is 1. The van der Waals surface area contributed by atoms with Crippen LogP contribution in [0.15, 0.2) is 18.2 Å². The summed E-state index contributed by atoms with van der Waals surface area (Å²) in [6, 6.07) is 6.16. The molecule has 0 heterocycles. The second-order valence-corrected chi connectivity index (χ2v) is 3.38. The zero-order chi connectivity index (χ0) is 11.3. The van der Waals surface area contributed by atoms with Crippen LogP contribution in [0, 0.1) is 17.1 Å². The Bertz CT molecular complexity index is 373. The molecule has 0 aliphatic carbocycles. The summed E-state index contributed by atoms with van der Waals surface area (Å²) in [5.74, 6) is -0.397. The average Bonchev–Trinajstić information content (AvgIpc) is 2.26. The van der Waals surface area contributed by atoms with Crippen molar-refractivity contribution in [3.63, 3.8) is 0 Å². The van der Waals surface area contributed by atoms with E-state index >= 15 is 0 Å². The average molecular weight is 208 g/mol. The summed E-state index contributed by atoms with van der Waals surface area (Å²) >= 11 is 0. The van der Waals surface area contributed by atoms with Crippen molar-refractivity contribution in [2.24, 2.45) is 0 Å². The molecule has 80 valence electrons. The minimum Gasteiger partial charge on any atom is -0.395 e. The maximum absolute atomic E-state index is 13.3. The van der Waals surface area contributed by atoms with Crippen molar-refractivity contribution in [1.29, 1.82) is 5.26 Å². The van der Waals surface area contributed by atoms with Gasteiger partial charge in [-0.15, -0.1) is 0 Å². The van der Waals surface area contributed by atoms with E-state index in [9.17, 15) is 4.39 Å².